The van der Waals surface area contributed by atoms with E-state index in [4.69, 9.17) is 4.74 Å². The van der Waals surface area contributed by atoms with Gasteiger partial charge in [-0.1, -0.05) is 0 Å². The Hall–Kier alpha value is -1.78. The number of piperidine rings is 1. The van der Waals surface area contributed by atoms with Crippen LogP contribution in [-0.4, -0.2) is 36.2 Å². The number of rotatable bonds is 0. The van der Waals surface area contributed by atoms with Gasteiger partial charge in [-0.05, 0) is 69.2 Å². The highest BCUT2D eigenvalue weighted by Gasteiger charge is 2.39. The van der Waals surface area contributed by atoms with Crippen LogP contribution in [0.5, 0.6) is 0 Å². The predicted octanol–water partition coefficient (Wildman–Crippen LogP) is 3.81. The molecule has 2 aliphatic heterocycles. The summed E-state index contributed by atoms with van der Waals surface area (Å²) in [5.74, 6) is -0.186. The molecule has 0 atom stereocenters. The van der Waals surface area contributed by atoms with Crippen molar-refractivity contribution in [2.75, 3.05) is 25.0 Å². The van der Waals surface area contributed by atoms with Crippen molar-refractivity contribution in [2.24, 2.45) is 5.41 Å². The normalized spacial score (nSPS) is 19.9. The number of carbonyl (C=O) groups is 1. The number of hydrogen-bond acceptors (Lipinski definition) is 3. The van der Waals surface area contributed by atoms with Gasteiger partial charge in [0.2, 0.25) is 0 Å². The number of nitrogens with zero attached hydrogens (tertiary/aromatic N) is 1. The summed E-state index contributed by atoms with van der Waals surface area (Å²) in [7, 11) is 0. The number of likely N-dealkylation sites (tertiary alicyclic amines) is 1. The predicted molar refractivity (Wildman–Crippen MR) is 88.1 cm³/mol. The van der Waals surface area contributed by atoms with Gasteiger partial charge in [-0.2, -0.15) is 0 Å². The number of amides is 1. The molecule has 1 saturated heterocycles. The zero-order valence-corrected chi connectivity index (χ0v) is 14.1. The third kappa shape index (κ3) is 3.59. The molecule has 126 valence electrons. The SMILES string of the molecule is CC(C)(C)OC(=O)N1CCC2(CC1)CNc1ccc(F)cc1C2. The maximum absolute atomic E-state index is 13.5. The molecule has 0 aliphatic carbocycles. The van der Waals surface area contributed by atoms with Gasteiger partial charge in [0.1, 0.15) is 11.4 Å². The van der Waals surface area contributed by atoms with Gasteiger partial charge in [-0.25, -0.2) is 9.18 Å². The Balaban J connectivity index is 1.64. The minimum atomic E-state index is -0.463. The van der Waals surface area contributed by atoms with Gasteiger partial charge in [0.15, 0.2) is 0 Å². The number of benzene rings is 1. The largest absolute Gasteiger partial charge is 0.444 e. The van der Waals surface area contributed by atoms with Crippen molar-refractivity contribution in [3.8, 4) is 0 Å². The summed E-state index contributed by atoms with van der Waals surface area (Å²) in [6, 6.07) is 4.94. The molecule has 4 nitrogen and oxygen atoms in total. The molecular formula is C18H25FN2O2. The van der Waals surface area contributed by atoms with E-state index in [0.717, 1.165) is 37.1 Å². The van der Waals surface area contributed by atoms with Crippen LogP contribution in [0.2, 0.25) is 0 Å². The minimum Gasteiger partial charge on any atom is -0.444 e. The van der Waals surface area contributed by atoms with Gasteiger partial charge < -0.3 is 15.0 Å². The fourth-order valence-corrected chi connectivity index (χ4v) is 3.47. The second-order valence-corrected chi connectivity index (χ2v) is 7.80. The second-order valence-electron chi connectivity index (χ2n) is 7.80. The average Bonchev–Trinajstić information content (AvgIpc) is 2.45. The van der Waals surface area contributed by atoms with Crippen LogP contribution in [0.1, 0.15) is 39.2 Å². The van der Waals surface area contributed by atoms with Crippen molar-refractivity contribution >= 4 is 11.8 Å². The Morgan fingerprint density at radius 2 is 2.00 bits per heavy atom. The van der Waals surface area contributed by atoms with Crippen LogP contribution in [0.15, 0.2) is 18.2 Å². The molecule has 0 unspecified atom stereocenters. The zero-order chi connectivity index (χ0) is 16.7. The molecule has 3 rings (SSSR count). The van der Waals surface area contributed by atoms with Crippen LogP contribution in [0.3, 0.4) is 0 Å². The number of halogens is 1. The number of anilines is 1. The standard InChI is InChI=1S/C18H25FN2O2/c1-17(2,3)23-16(22)21-8-6-18(7-9-21)11-13-10-14(19)4-5-15(13)20-12-18/h4-5,10,20H,6-9,11-12H2,1-3H3. The zero-order valence-electron chi connectivity index (χ0n) is 14.1. The Morgan fingerprint density at radius 3 is 2.65 bits per heavy atom. The van der Waals surface area contributed by atoms with Crippen molar-refractivity contribution in [1.82, 2.24) is 4.90 Å². The van der Waals surface area contributed by atoms with Crippen LogP contribution in [0, 0.1) is 11.2 Å². The number of nitrogens with one attached hydrogen (secondary N) is 1. The molecule has 0 aromatic heterocycles. The summed E-state index contributed by atoms with van der Waals surface area (Å²) in [5.41, 5.74) is 1.72. The summed E-state index contributed by atoms with van der Waals surface area (Å²) in [5, 5.41) is 3.43. The fraction of sp³-hybridized carbons (Fsp3) is 0.611. The van der Waals surface area contributed by atoms with Crippen molar-refractivity contribution in [1.29, 1.82) is 0 Å². The second kappa shape index (κ2) is 5.69. The molecule has 0 radical (unpaired) electrons. The molecule has 23 heavy (non-hydrogen) atoms. The number of ether oxygens (including phenoxy) is 1. The highest BCUT2D eigenvalue weighted by Crippen LogP contribution is 2.40. The third-order valence-electron chi connectivity index (χ3n) is 4.76. The lowest BCUT2D eigenvalue weighted by molar-refractivity contribution is 0.0110. The first-order valence-electron chi connectivity index (χ1n) is 8.27. The lowest BCUT2D eigenvalue weighted by atomic mass is 9.71. The topological polar surface area (TPSA) is 41.6 Å². The molecule has 2 heterocycles. The molecule has 1 aromatic carbocycles. The van der Waals surface area contributed by atoms with Crippen molar-refractivity contribution in [2.45, 2.75) is 45.6 Å². The Labute approximate surface area is 137 Å². The van der Waals surface area contributed by atoms with Crippen LogP contribution in [0.4, 0.5) is 14.9 Å². The molecule has 1 N–H and O–H groups in total. The maximum Gasteiger partial charge on any atom is 0.410 e. The molecule has 0 bridgehead atoms. The minimum absolute atomic E-state index is 0.110. The molecule has 1 spiro atoms. The maximum atomic E-state index is 13.5. The monoisotopic (exact) mass is 320 g/mol. The van der Waals surface area contributed by atoms with Crippen molar-refractivity contribution < 1.29 is 13.9 Å². The number of fused-ring (bicyclic) bond motifs is 1. The van der Waals surface area contributed by atoms with Crippen LogP contribution in [-0.2, 0) is 11.2 Å². The van der Waals surface area contributed by atoms with Gasteiger partial charge in [0.05, 0.1) is 0 Å². The highest BCUT2D eigenvalue weighted by atomic mass is 19.1. The van der Waals surface area contributed by atoms with E-state index in [1.54, 1.807) is 11.0 Å². The van der Waals surface area contributed by atoms with E-state index in [2.05, 4.69) is 5.32 Å². The van der Waals surface area contributed by atoms with Crippen LogP contribution >= 0.6 is 0 Å². The molecule has 1 fully saturated rings. The summed E-state index contributed by atoms with van der Waals surface area (Å²) >= 11 is 0. The fourth-order valence-electron chi connectivity index (χ4n) is 3.47. The first-order chi connectivity index (χ1) is 10.8. The average molecular weight is 320 g/mol. The quantitative estimate of drug-likeness (QED) is 0.790. The van der Waals surface area contributed by atoms with E-state index in [1.165, 1.54) is 6.07 Å². The molecule has 1 amide bonds. The van der Waals surface area contributed by atoms with Gasteiger partial charge in [0.25, 0.3) is 0 Å². The third-order valence-corrected chi connectivity index (χ3v) is 4.76. The summed E-state index contributed by atoms with van der Waals surface area (Å²) < 4.78 is 18.9. The smallest absolute Gasteiger partial charge is 0.410 e. The van der Waals surface area contributed by atoms with E-state index in [0.29, 0.717) is 13.1 Å². The first-order valence-corrected chi connectivity index (χ1v) is 8.27. The van der Waals surface area contributed by atoms with Gasteiger partial charge in [-0.3, -0.25) is 0 Å². The summed E-state index contributed by atoms with van der Waals surface area (Å²) in [4.78, 5) is 14.0. The number of carbonyl (C=O) groups excluding carboxylic acids is 1. The van der Waals surface area contributed by atoms with E-state index in [1.807, 2.05) is 26.8 Å². The van der Waals surface area contributed by atoms with E-state index in [9.17, 15) is 9.18 Å². The van der Waals surface area contributed by atoms with E-state index in [-0.39, 0.29) is 17.3 Å². The number of hydrogen-bond donors (Lipinski definition) is 1. The summed E-state index contributed by atoms with van der Waals surface area (Å²) in [6.45, 7) is 7.92. The Kier molecular flexibility index (Phi) is 3.98. The molecule has 5 heteroatoms. The lowest BCUT2D eigenvalue weighted by Crippen LogP contribution is -2.49. The highest BCUT2D eigenvalue weighted by molar-refractivity contribution is 5.68. The van der Waals surface area contributed by atoms with Gasteiger partial charge >= 0.3 is 6.09 Å². The molecule has 1 aromatic rings. The van der Waals surface area contributed by atoms with E-state index >= 15 is 0 Å². The van der Waals surface area contributed by atoms with Gasteiger partial charge in [0, 0.05) is 25.3 Å². The summed E-state index contributed by atoms with van der Waals surface area (Å²) in [6.07, 6.45) is 2.46. The Morgan fingerprint density at radius 1 is 1.30 bits per heavy atom. The lowest BCUT2D eigenvalue weighted by Gasteiger charge is -2.45. The van der Waals surface area contributed by atoms with Crippen molar-refractivity contribution in [3.05, 3.63) is 29.6 Å². The molecular weight excluding hydrogens is 295 g/mol. The molecule has 0 saturated carbocycles. The molecule has 2 aliphatic rings. The Bertz CT molecular complexity index is 602. The van der Waals surface area contributed by atoms with Crippen LogP contribution in [0.25, 0.3) is 0 Å². The van der Waals surface area contributed by atoms with Crippen LogP contribution < -0.4 is 5.32 Å². The van der Waals surface area contributed by atoms with E-state index < -0.39 is 5.60 Å². The first kappa shape index (κ1) is 16.1. The van der Waals surface area contributed by atoms with Gasteiger partial charge in [-0.15, -0.1) is 0 Å². The van der Waals surface area contributed by atoms with Crippen molar-refractivity contribution in [3.63, 3.8) is 0 Å².